The summed E-state index contributed by atoms with van der Waals surface area (Å²) in [7, 11) is 2.29. The van der Waals surface area contributed by atoms with Crippen LogP contribution in [-0.4, -0.2) is 42.9 Å². The normalized spacial score (nSPS) is 15.0. The van der Waals surface area contributed by atoms with Crippen LogP contribution in [0.25, 0.3) is 0 Å². The van der Waals surface area contributed by atoms with Crippen molar-refractivity contribution in [2.24, 2.45) is 0 Å². The van der Waals surface area contributed by atoms with Gasteiger partial charge < -0.3 is 13.9 Å². The van der Waals surface area contributed by atoms with Crippen molar-refractivity contribution in [3.63, 3.8) is 0 Å². The molecule has 0 radical (unpaired) electrons. The third kappa shape index (κ3) is 21.6. The maximum Gasteiger partial charge on any atom is 0.385 e. The van der Waals surface area contributed by atoms with Crippen LogP contribution in [-0.2, 0) is 9.09 Å². The van der Waals surface area contributed by atoms with Crippen LogP contribution in [0.2, 0.25) is 0 Å². The second-order valence-corrected chi connectivity index (χ2v) is 13.4. The van der Waals surface area contributed by atoms with E-state index >= 15 is 0 Å². The fourth-order valence-electron chi connectivity index (χ4n) is 4.91. The molecule has 0 aromatic rings. The summed E-state index contributed by atoms with van der Waals surface area (Å²) in [4.78, 5) is 10.3. The molecule has 5 heteroatoms. The van der Waals surface area contributed by atoms with E-state index in [1.807, 2.05) is 28.1 Å². The maximum absolute atomic E-state index is 12.5. The Morgan fingerprint density at radius 2 is 1.03 bits per heavy atom. The monoisotopic (exact) mass is 516 g/mol. The Kier molecular flexibility index (Phi) is 22.9. The number of unbranched alkanes of at least 4 members (excludes halogenated alkanes) is 18. The molecule has 0 rings (SSSR count). The fourth-order valence-corrected chi connectivity index (χ4v) is 6.81. The van der Waals surface area contributed by atoms with Crippen molar-refractivity contribution in [3.05, 3.63) is 12.2 Å². The zero-order valence-corrected chi connectivity index (χ0v) is 25.3. The smallest absolute Gasteiger partial charge is 0.320 e. The first-order chi connectivity index (χ1) is 16.8. The summed E-state index contributed by atoms with van der Waals surface area (Å²) in [6.07, 6.45) is 31.9. The van der Waals surface area contributed by atoms with Crippen molar-refractivity contribution >= 4 is 7.60 Å². The Hall–Kier alpha value is -0.150. The number of allylic oxidation sites excluding steroid dienone is 2. The second-order valence-electron chi connectivity index (χ2n) is 11.5. The van der Waals surface area contributed by atoms with Gasteiger partial charge in [0.1, 0.15) is 0 Å². The fraction of sp³-hybridized carbons (Fsp3) is 0.933. The highest BCUT2D eigenvalue weighted by atomic mass is 31.2. The first-order valence-electron chi connectivity index (χ1n) is 15.2. The Labute approximate surface area is 220 Å². The van der Waals surface area contributed by atoms with E-state index in [1.165, 1.54) is 103 Å². The lowest BCUT2D eigenvalue weighted by atomic mass is 10.0. The van der Waals surface area contributed by atoms with E-state index in [1.54, 1.807) is 0 Å². The number of hydrogen-bond donors (Lipinski definition) is 1. The van der Waals surface area contributed by atoms with Crippen LogP contribution in [0.4, 0.5) is 0 Å². The second kappa shape index (κ2) is 23.0. The van der Waals surface area contributed by atoms with Crippen LogP contribution in [0.3, 0.4) is 0 Å². The van der Waals surface area contributed by atoms with Gasteiger partial charge >= 0.3 is 7.60 Å². The van der Waals surface area contributed by atoms with Crippen molar-refractivity contribution < 1.29 is 18.5 Å². The quantitative estimate of drug-likeness (QED) is 0.0538. The van der Waals surface area contributed by atoms with E-state index in [2.05, 4.69) is 19.1 Å². The lowest BCUT2D eigenvalue weighted by molar-refractivity contribution is -0.883. The molecule has 0 saturated carbocycles. The molecular weight excluding hydrogens is 453 g/mol. The molecule has 35 heavy (non-hydrogen) atoms. The van der Waals surface area contributed by atoms with Crippen molar-refractivity contribution in [1.82, 2.24) is 0 Å². The van der Waals surface area contributed by atoms with E-state index in [9.17, 15) is 9.46 Å². The van der Waals surface area contributed by atoms with Gasteiger partial charge in [-0.25, -0.2) is 0 Å². The first-order valence-corrected chi connectivity index (χ1v) is 16.8. The number of nitrogens with zero attached hydrogens (tertiary/aromatic N) is 1. The van der Waals surface area contributed by atoms with Gasteiger partial charge in [0.25, 0.3) is 0 Å². The topological polar surface area (TPSA) is 46.5 Å². The van der Waals surface area contributed by atoms with Crippen molar-refractivity contribution in [2.75, 3.05) is 27.7 Å². The van der Waals surface area contributed by atoms with E-state index in [4.69, 9.17) is 4.52 Å². The van der Waals surface area contributed by atoms with Crippen LogP contribution in [0.1, 0.15) is 149 Å². The van der Waals surface area contributed by atoms with Gasteiger partial charge in [-0.05, 0) is 32.1 Å². The molecule has 0 spiro atoms. The minimum absolute atomic E-state index is 0.354. The average molecular weight is 517 g/mol. The van der Waals surface area contributed by atoms with E-state index in [0.717, 1.165) is 25.7 Å². The summed E-state index contributed by atoms with van der Waals surface area (Å²) in [5.41, 5.74) is 0. The minimum Gasteiger partial charge on any atom is -0.320 e. The summed E-state index contributed by atoms with van der Waals surface area (Å²) in [6, 6.07) is 0. The largest absolute Gasteiger partial charge is 0.385 e. The minimum atomic E-state index is -3.56. The van der Waals surface area contributed by atoms with Gasteiger partial charge in [-0.15, -0.1) is 0 Å². The highest BCUT2D eigenvalue weighted by Crippen LogP contribution is 2.51. The van der Waals surface area contributed by atoms with Gasteiger partial charge in [-0.3, -0.25) is 4.57 Å². The predicted octanol–water partition coefficient (Wildman–Crippen LogP) is 10.0. The number of quaternary nitrogens is 1. The molecule has 0 amide bonds. The molecule has 210 valence electrons. The molecule has 0 aliphatic heterocycles. The van der Waals surface area contributed by atoms with Crippen LogP contribution in [0.5, 0.6) is 0 Å². The van der Waals surface area contributed by atoms with Gasteiger partial charge in [0.05, 0.1) is 27.7 Å². The van der Waals surface area contributed by atoms with Crippen LogP contribution < -0.4 is 0 Å². The Morgan fingerprint density at radius 1 is 0.657 bits per heavy atom. The predicted molar refractivity (Wildman–Crippen MR) is 155 cm³/mol. The van der Waals surface area contributed by atoms with Crippen LogP contribution in [0.15, 0.2) is 12.2 Å². The number of rotatable bonds is 26. The molecule has 0 saturated heterocycles. The van der Waals surface area contributed by atoms with Gasteiger partial charge in [-0.2, -0.15) is 0 Å². The summed E-state index contributed by atoms with van der Waals surface area (Å²) >= 11 is 0. The Bertz CT molecular complexity index is 530. The van der Waals surface area contributed by atoms with Gasteiger partial charge in [0.15, 0.2) is 5.78 Å². The molecule has 0 fully saturated rings. The van der Waals surface area contributed by atoms with Crippen LogP contribution >= 0.6 is 7.60 Å². The molecule has 0 aliphatic rings. The van der Waals surface area contributed by atoms with Gasteiger partial charge in [0.2, 0.25) is 0 Å². The first kappa shape index (κ1) is 34.9. The summed E-state index contributed by atoms with van der Waals surface area (Å²) in [5, 5.41) is 0. The molecule has 0 aromatic heterocycles. The van der Waals surface area contributed by atoms with Crippen molar-refractivity contribution in [3.8, 4) is 0 Å². The third-order valence-corrected chi connectivity index (χ3v) is 9.43. The molecule has 0 bridgehead atoms. The van der Waals surface area contributed by atoms with Crippen molar-refractivity contribution in [1.29, 1.82) is 0 Å². The molecule has 0 aliphatic carbocycles. The lowest BCUT2D eigenvalue weighted by Gasteiger charge is -2.35. The lowest BCUT2D eigenvalue weighted by Crippen LogP contribution is -2.44. The average Bonchev–Trinajstić information content (AvgIpc) is 2.78. The Morgan fingerprint density at radius 3 is 1.40 bits per heavy atom. The molecular formula is C30H63NO3P+. The SMILES string of the molecule is CCCCCCCCCCCCCCCC/C=C\CCCCCCOP(=O)(O)C(CC)[N+](C)(C)C. The molecule has 0 aromatic carbocycles. The maximum atomic E-state index is 12.5. The highest BCUT2D eigenvalue weighted by Gasteiger charge is 2.41. The molecule has 0 heterocycles. The molecule has 2 unspecified atom stereocenters. The Balaban J connectivity index is 3.41. The number of hydrogen-bond acceptors (Lipinski definition) is 2. The van der Waals surface area contributed by atoms with Crippen molar-refractivity contribution in [2.45, 2.75) is 154 Å². The summed E-state index contributed by atoms with van der Waals surface area (Å²) in [5.74, 6) is -0.354. The van der Waals surface area contributed by atoms with E-state index in [-0.39, 0.29) is 5.78 Å². The van der Waals surface area contributed by atoms with E-state index in [0.29, 0.717) is 17.5 Å². The van der Waals surface area contributed by atoms with Crippen LogP contribution in [0, 0.1) is 0 Å². The van der Waals surface area contributed by atoms with Gasteiger partial charge in [-0.1, -0.05) is 122 Å². The summed E-state index contributed by atoms with van der Waals surface area (Å²) in [6.45, 7) is 4.63. The van der Waals surface area contributed by atoms with E-state index < -0.39 is 7.60 Å². The zero-order chi connectivity index (χ0) is 26.3. The summed E-state index contributed by atoms with van der Waals surface area (Å²) < 4.78 is 18.4. The molecule has 4 nitrogen and oxygen atoms in total. The molecule has 1 N–H and O–H groups in total. The zero-order valence-electron chi connectivity index (χ0n) is 24.4. The van der Waals surface area contributed by atoms with Gasteiger partial charge in [0, 0.05) is 6.42 Å². The highest BCUT2D eigenvalue weighted by molar-refractivity contribution is 7.53. The standard InChI is InChI=1S/C30H62NO3P/c1-6-8-9-10-11-12-13-14-15-16-17-18-19-20-21-22-23-24-25-26-27-28-29-34-35(32,33)30(7-2)31(3,4)5/h22-23,30H,6-21,24-29H2,1-5H3/p+1/b23-22-. The third-order valence-electron chi connectivity index (χ3n) is 7.07. The molecule has 2 atom stereocenters.